The Balaban J connectivity index is 3.86. The van der Waals surface area contributed by atoms with Gasteiger partial charge in [-0.05, 0) is 0 Å². The van der Waals surface area contributed by atoms with Crippen LogP contribution >= 0.6 is 0 Å². The molecule has 0 rings (SSSR count). The van der Waals surface area contributed by atoms with Gasteiger partial charge in [0.15, 0.2) is 0 Å². The van der Waals surface area contributed by atoms with Crippen molar-refractivity contribution in [2.24, 2.45) is 5.92 Å². The van der Waals surface area contributed by atoms with Crippen LogP contribution in [0.1, 0.15) is 0 Å². The van der Waals surface area contributed by atoms with Crippen molar-refractivity contribution in [2.45, 2.75) is 12.2 Å². The van der Waals surface area contributed by atoms with Gasteiger partial charge in [-0.2, -0.15) is 0 Å². The van der Waals surface area contributed by atoms with Gasteiger partial charge in [0.25, 0.3) is 0 Å². The highest BCUT2D eigenvalue weighted by Gasteiger charge is 2.24. The third kappa shape index (κ3) is 3.13. The average molecular weight is 166 g/mol. The Kier molecular flexibility index (Phi) is 5.35. The fourth-order valence-corrected chi connectivity index (χ4v) is 0.696. The van der Waals surface area contributed by atoms with Crippen LogP contribution in [-0.4, -0.2) is 57.6 Å². The summed E-state index contributed by atoms with van der Waals surface area (Å²) >= 11 is 0. The largest absolute Gasteiger partial charge is 0.396 e. The Bertz CT molecular complexity index is 93.0. The second-order valence-corrected chi connectivity index (χ2v) is 2.37. The lowest BCUT2D eigenvalue weighted by Gasteiger charge is -2.21. The third-order valence-corrected chi connectivity index (χ3v) is 1.53. The van der Waals surface area contributed by atoms with E-state index in [-0.39, 0.29) is 0 Å². The molecule has 0 bridgehead atoms. The van der Waals surface area contributed by atoms with Crippen LogP contribution in [0.4, 0.5) is 0 Å². The molecule has 5 nitrogen and oxygen atoms in total. The molecule has 0 spiro atoms. The minimum absolute atomic E-state index is 0.422. The molecular formula is C6H14O5. The molecule has 0 fully saturated rings. The fraction of sp³-hybridized carbons (Fsp3) is 1.00. The summed E-state index contributed by atoms with van der Waals surface area (Å²) in [5.41, 5.74) is 0. The van der Waals surface area contributed by atoms with Gasteiger partial charge in [0.05, 0.1) is 25.9 Å². The van der Waals surface area contributed by atoms with E-state index >= 15 is 0 Å². The molecule has 0 saturated carbocycles. The van der Waals surface area contributed by atoms with Crippen molar-refractivity contribution in [3.8, 4) is 0 Å². The predicted octanol–water partition coefficient (Wildman–Crippen LogP) is -2.70. The van der Waals surface area contributed by atoms with E-state index in [1.165, 1.54) is 0 Å². The van der Waals surface area contributed by atoms with Gasteiger partial charge in [0.1, 0.15) is 6.10 Å². The van der Waals surface area contributed by atoms with Crippen molar-refractivity contribution < 1.29 is 25.5 Å². The molecule has 0 amide bonds. The van der Waals surface area contributed by atoms with Crippen LogP contribution in [0.3, 0.4) is 0 Å². The van der Waals surface area contributed by atoms with Crippen molar-refractivity contribution >= 4 is 0 Å². The Morgan fingerprint density at radius 2 is 1.27 bits per heavy atom. The zero-order valence-corrected chi connectivity index (χ0v) is 6.09. The van der Waals surface area contributed by atoms with Crippen LogP contribution in [0.5, 0.6) is 0 Å². The molecule has 5 N–H and O–H groups in total. The first-order valence-corrected chi connectivity index (χ1v) is 3.36. The van der Waals surface area contributed by atoms with E-state index in [1.54, 1.807) is 0 Å². The van der Waals surface area contributed by atoms with Crippen molar-refractivity contribution in [3.05, 3.63) is 0 Å². The zero-order chi connectivity index (χ0) is 8.85. The fourth-order valence-electron chi connectivity index (χ4n) is 0.696. The van der Waals surface area contributed by atoms with Crippen LogP contribution in [0.25, 0.3) is 0 Å². The van der Waals surface area contributed by atoms with Crippen LogP contribution in [0.2, 0.25) is 0 Å². The Morgan fingerprint density at radius 3 is 1.55 bits per heavy atom. The number of rotatable bonds is 5. The third-order valence-electron chi connectivity index (χ3n) is 1.53. The molecule has 0 saturated heterocycles. The summed E-state index contributed by atoms with van der Waals surface area (Å²) in [7, 11) is 0. The standard InChI is InChI=1S/C6H14O5/c7-1-4(2-8)6(11)5(10)3-9/h4-11H,1-3H2/t5-,6+/m1/s1. The molecule has 11 heavy (non-hydrogen) atoms. The van der Waals surface area contributed by atoms with Gasteiger partial charge in [-0.15, -0.1) is 0 Å². The number of hydrogen-bond donors (Lipinski definition) is 5. The van der Waals surface area contributed by atoms with E-state index < -0.39 is 37.9 Å². The van der Waals surface area contributed by atoms with E-state index in [9.17, 15) is 0 Å². The van der Waals surface area contributed by atoms with E-state index in [0.29, 0.717) is 0 Å². The highest BCUT2D eigenvalue weighted by molar-refractivity contribution is 4.73. The lowest BCUT2D eigenvalue weighted by atomic mass is 10.0. The van der Waals surface area contributed by atoms with Gasteiger partial charge in [-0.1, -0.05) is 0 Å². The maximum Gasteiger partial charge on any atom is 0.103 e. The van der Waals surface area contributed by atoms with Crippen molar-refractivity contribution in [3.63, 3.8) is 0 Å². The van der Waals surface area contributed by atoms with Gasteiger partial charge in [-0.25, -0.2) is 0 Å². The lowest BCUT2D eigenvalue weighted by Crippen LogP contribution is -2.39. The summed E-state index contributed by atoms with van der Waals surface area (Å²) in [4.78, 5) is 0. The summed E-state index contributed by atoms with van der Waals surface area (Å²) in [6, 6.07) is 0. The van der Waals surface area contributed by atoms with E-state index in [2.05, 4.69) is 0 Å². The molecule has 2 atom stereocenters. The van der Waals surface area contributed by atoms with Crippen molar-refractivity contribution in [1.82, 2.24) is 0 Å². The minimum Gasteiger partial charge on any atom is -0.396 e. The van der Waals surface area contributed by atoms with Gasteiger partial charge in [-0.3, -0.25) is 0 Å². The molecule has 0 aliphatic heterocycles. The molecule has 0 aromatic carbocycles. The maximum atomic E-state index is 9.05. The van der Waals surface area contributed by atoms with E-state index in [1.807, 2.05) is 0 Å². The first kappa shape index (κ1) is 10.8. The molecule has 0 aromatic rings. The molecule has 0 unspecified atom stereocenters. The SMILES string of the molecule is OCC(CO)[C@H](O)[C@H](O)CO. The van der Waals surface area contributed by atoms with Crippen LogP contribution in [0, 0.1) is 5.92 Å². The van der Waals surface area contributed by atoms with Crippen molar-refractivity contribution in [1.29, 1.82) is 0 Å². The Labute approximate surface area is 64.5 Å². The number of aliphatic hydroxyl groups excluding tert-OH is 5. The second-order valence-electron chi connectivity index (χ2n) is 2.37. The van der Waals surface area contributed by atoms with Gasteiger partial charge < -0.3 is 25.5 Å². The summed E-state index contributed by atoms with van der Waals surface area (Å²) < 4.78 is 0. The number of hydrogen-bond acceptors (Lipinski definition) is 5. The summed E-state index contributed by atoms with van der Waals surface area (Å²) in [6.07, 6.45) is -2.59. The molecule has 0 aliphatic carbocycles. The Hall–Kier alpha value is -0.200. The maximum absolute atomic E-state index is 9.05. The molecule has 0 aromatic heterocycles. The smallest absolute Gasteiger partial charge is 0.103 e. The lowest BCUT2D eigenvalue weighted by molar-refractivity contribution is -0.0663. The second kappa shape index (κ2) is 5.45. The molecule has 68 valence electrons. The van der Waals surface area contributed by atoms with Crippen molar-refractivity contribution in [2.75, 3.05) is 19.8 Å². The molecular weight excluding hydrogens is 152 g/mol. The topological polar surface area (TPSA) is 101 Å². The minimum atomic E-state index is -1.31. The molecule has 5 heteroatoms. The average Bonchev–Trinajstić information content (AvgIpc) is 2.05. The van der Waals surface area contributed by atoms with Crippen LogP contribution < -0.4 is 0 Å². The van der Waals surface area contributed by atoms with Crippen LogP contribution in [-0.2, 0) is 0 Å². The first-order chi connectivity index (χ1) is 5.17. The summed E-state index contributed by atoms with van der Waals surface area (Å²) in [5.74, 6) is -0.794. The highest BCUT2D eigenvalue weighted by atomic mass is 16.4. The summed E-state index contributed by atoms with van der Waals surface area (Å²) in [5, 5.41) is 43.3. The normalized spacial score (nSPS) is 16.9. The monoisotopic (exact) mass is 166 g/mol. The van der Waals surface area contributed by atoms with E-state index in [0.717, 1.165) is 0 Å². The number of aliphatic hydroxyl groups is 5. The molecule has 0 heterocycles. The molecule has 0 aliphatic rings. The Morgan fingerprint density at radius 1 is 0.818 bits per heavy atom. The van der Waals surface area contributed by atoms with E-state index in [4.69, 9.17) is 25.5 Å². The van der Waals surface area contributed by atoms with Gasteiger partial charge in [0.2, 0.25) is 0 Å². The summed E-state index contributed by atoms with van der Waals surface area (Å²) in [6.45, 7) is -1.43. The highest BCUT2D eigenvalue weighted by Crippen LogP contribution is 2.06. The van der Waals surface area contributed by atoms with Gasteiger partial charge in [0, 0.05) is 5.92 Å². The predicted molar refractivity (Wildman–Crippen MR) is 36.8 cm³/mol. The zero-order valence-electron chi connectivity index (χ0n) is 6.09. The first-order valence-electron chi connectivity index (χ1n) is 3.36. The van der Waals surface area contributed by atoms with Gasteiger partial charge >= 0.3 is 0 Å². The molecule has 0 radical (unpaired) electrons. The van der Waals surface area contributed by atoms with Crippen LogP contribution in [0.15, 0.2) is 0 Å². The quantitative estimate of drug-likeness (QED) is 0.306.